The predicted molar refractivity (Wildman–Crippen MR) is 89.5 cm³/mol. The van der Waals surface area contributed by atoms with Crippen LogP contribution in [0.3, 0.4) is 0 Å². The summed E-state index contributed by atoms with van der Waals surface area (Å²) in [5.41, 5.74) is -0.781. The van der Waals surface area contributed by atoms with Crippen LogP contribution in [0.4, 0.5) is 0 Å². The highest BCUT2D eigenvalue weighted by Crippen LogP contribution is 2.34. The highest BCUT2D eigenvalue weighted by atomic mass is 35.5. The molecule has 0 aliphatic rings. The monoisotopic (exact) mass is 365 g/mol. The van der Waals surface area contributed by atoms with E-state index < -0.39 is 11.4 Å². The Kier molecular flexibility index (Phi) is 6.98. The van der Waals surface area contributed by atoms with Gasteiger partial charge in [-0.2, -0.15) is 0 Å². The largest absolute Gasteiger partial charge is 0.491 e. The van der Waals surface area contributed by atoms with Crippen LogP contribution in [0.5, 0.6) is 5.75 Å². The van der Waals surface area contributed by atoms with Gasteiger partial charge in [-0.05, 0) is 32.4 Å². The van der Waals surface area contributed by atoms with Crippen LogP contribution < -0.4 is 10.1 Å². The number of benzene rings is 1. The third-order valence-corrected chi connectivity index (χ3v) is 4.19. The molecule has 4 nitrogen and oxygen atoms in total. The Hall–Kier alpha value is -0.970. The topological polar surface area (TPSA) is 55.4 Å². The number of amides is 1. The maximum atomic E-state index is 12.3. The molecular weight excluding hydrogens is 349 g/mol. The minimum Gasteiger partial charge on any atom is -0.491 e. The molecule has 22 heavy (non-hydrogen) atoms. The fraction of sp³-hybridized carbons (Fsp3) is 0.467. The van der Waals surface area contributed by atoms with Crippen LogP contribution >= 0.6 is 34.8 Å². The average molecular weight is 367 g/mol. The SMILES string of the molecule is CCOc1c(Cl)cc(C(=O)NC(C)(CC)C(=O)CCl)cc1Cl. The molecule has 0 saturated heterocycles. The van der Waals surface area contributed by atoms with Crippen molar-refractivity contribution in [2.24, 2.45) is 0 Å². The number of carbonyl (C=O) groups is 2. The lowest BCUT2D eigenvalue weighted by Gasteiger charge is -2.27. The van der Waals surface area contributed by atoms with Gasteiger partial charge in [-0.3, -0.25) is 9.59 Å². The molecule has 122 valence electrons. The second-order valence-corrected chi connectivity index (χ2v) is 5.98. The van der Waals surface area contributed by atoms with E-state index in [0.29, 0.717) is 18.8 Å². The first-order chi connectivity index (χ1) is 10.3. The zero-order chi connectivity index (χ0) is 16.9. The molecule has 1 amide bonds. The Labute approximate surface area is 145 Å². The normalized spacial score (nSPS) is 13.4. The molecule has 1 unspecified atom stereocenters. The quantitative estimate of drug-likeness (QED) is 0.739. The van der Waals surface area contributed by atoms with E-state index in [4.69, 9.17) is 39.5 Å². The molecule has 1 aromatic carbocycles. The number of Topliss-reactive ketones (excluding diaryl/α,β-unsaturated/α-hetero) is 1. The zero-order valence-corrected chi connectivity index (χ0v) is 14.9. The van der Waals surface area contributed by atoms with Crippen LogP contribution in [0.1, 0.15) is 37.6 Å². The molecule has 0 saturated carbocycles. The van der Waals surface area contributed by atoms with Crippen LogP contribution in [-0.4, -0.2) is 29.7 Å². The van der Waals surface area contributed by atoms with Crippen LogP contribution in [-0.2, 0) is 4.79 Å². The van der Waals surface area contributed by atoms with Gasteiger partial charge in [-0.15, -0.1) is 11.6 Å². The summed E-state index contributed by atoms with van der Waals surface area (Å²) in [6.45, 7) is 5.64. The van der Waals surface area contributed by atoms with Crippen molar-refractivity contribution < 1.29 is 14.3 Å². The fourth-order valence-corrected chi connectivity index (χ4v) is 2.69. The van der Waals surface area contributed by atoms with Crippen molar-refractivity contribution in [3.05, 3.63) is 27.7 Å². The molecule has 1 atom stereocenters. The van der Waals surface area contributed by atoms with Gasteiger partial charge in [0.15, 0.2) is 11.5 Å². The van der Waals surface area contributed by atoms with Gasteiger partial charge in [0, 0.05) is 5.56 Å². The number of alkyl halides is 1. The lowest BCUT2D eigenvalue weighted by Crippen LogP contribution is -2.52. The Morgan fingerprint density at radius 1 is 1.23 bits per heavy atom. The van der Waals surface area contributed by atoms with E-state index in [-0.39, 0.29) is 27.3 Å². The standard InChI is InChI=1S/C15H18Cl3NO3/c1-4-15(3,12(20)8-16)19-14(21)9-6-10(17)13(22-5-2)11(18)7-9/h6-7H,4-5,8H2,1-3H3,(H,19,21). The van der Waals surface area contributed by atoms with Gasteiger partial charge < -0.3 is 10.1 Å². The van der Waals surface area contributed by atoms with Gasteiger partial charge in [0.2, 0.25) is 0 Å². The number of halogens is 3. The van der Waals surface area contributed by atoms with Crippen molar-refractivity contribution in [2.75, 3.05) is 12.5 Å². The summed E-state index contributed by atoms with van der Waals surface area (Å²) >= 11 is 17.7. The van der Waals surface area contributed by atoms with Gasteiger partial charge in [0.1, 0.15) is 0 Å². The summed E-state index contributed by atoms with van der Waals surface area (Å²) in [5.74, 6) is -0.546. The molecule has 0 spiro atoms. The summed E-state index contributed by atoms with van der Waals surface area (Å²) in [6.07, 6.45) is 0.419. The number of carbonyl (C=O) groups excluding carboxylic acids is 2. The summed E-state index contributed by atoms with van der Waals surface area (Å²) in [4.78, 5) is 24.2. The van der Waals surface area contributed by atoms with Gasteiger partial charge in [0.05, 0.1) is 28.1 Å². The summed E-state index contributed by atoms with van der Waals surface area (Å²) in [5, 5.41) is 3.16. The molecule has 0 bridgehead atoms. The van der Waals surface area contributed by atoms with E-state index in [1.165, 1.54) is 12.1 Å². The van der Waals surface area contributed by atoms with E-state index in [0.717, 1.165) is 0 Å². The van der Waals surface area contributed by atoms with E-state index in [2.05, 4.69) is 5.32 Å². The maximum absolute atomic E-state index is 12.3. The van der Waals surface area contributed by atoms with Crippen molar-refractivity contribution >= 4 is 46.5 Å². The molecule has 7 heteroatoms. The predicted octanol–water partition coefficient (Wildman–Crippen LogP) is 4.10. The second kappa shape index (κ2) is 8.04. The van der Waals surface area contributed by atoms with Crippen LogP contribution in [0.2, 0.25) is 10.0 Å². The molecule has 0 radical (unpaired) electrons. The molecule has 1 N–H and O–H groups in total. The molecular formula is C15H18Cl3NO3. The number of hydrogen-bond acceptors (Lipinski definition) is 3. The molecule has 0 aromatic heterocycles. The first-order valence-corrected chi connectivity index (χ1v) is 8.11. The van der Waals surface area contributed by atoms with Crippen molar-refractivity contribution in [3.63, 3.8) is 0 Å². The van der Waals surface area contributed by atoms with Gasteiger partial charge in [-0.25, -0.2) is 0 Å². The first kappa shape index (κ1) is 19.1. The summed E-state index contributed by atoms with van der Waals surface area (Å²) in [7, 11) is 0. The van der Waals surface area contributed by atoms with E-state index in [9.17, 15) is 9.59 Å². The number of hydrogen-bond donors (Lipinski definition) is 1. The number of nitrogens with one attached hydrogen (secondary N) is 1. The minimum atomic E-state index is -1.03. The van der Waals surface area contributed by atoms with E-state index in [1.54, 1.807) is 20.8 Å². The average Bonchev–Trinajstić information content (AvgIpc) is 2.49. The second-order valence-electron chi connectivity index (χ2n) is 4.90. The van der Waals surface area contributed by atoms with E-state index >= 15 is 0 Å². The molecule has 1 aromatic rings. The highest BCUT2D eigenvalue weighted by Gasteiger charge is 2.32. The molecule has 0 fully saturated rings. The van der Waals surface area contributed by atoms with Gasteiger partial charge in [0.25, 0.3) is 5.91 Å². The Morgan fingerprint density at radius 3 is 2.18 bits per heavy atom. The third kappa shape index (κ3) is 4.28. The number of ether oxygens (including phenoxy) is 1. The zero-order valence-electron chi connectivity index (χ0n) is 12.6. The first-order valence-electron chi connectivity index (χ1n) is 6.82. The molecule has 0 heterocycles. The van der Waals surface area contributed by atoms with Crippen molar-refractivity contribution in [1.82, 2.24) is 5.32 Å². The van der Waals surface area contributed by atoms with E-state index in [1.807, 2.05) is 0 Å². The van der Waals surface area contributed by atoms with Crippen molar-refractivity contribution in [1.29, 1.82) is 0 Å². The van der Waals surface area contributed by atoms with Gasteiger partial charge in [-0.1, -0.05) is 30.1 Å². The van der Waals surface area contributed by atoms with Crippen LogP contribution in [0.25, 0.3) is 0 Å². The van der Waals surface area contributed by atoms with Crippen LogP contribution in [0, 0.1) is 0 Å². The smallest absolute Gasteiger partial charge is 0.252 e. The van der Waals surface area contributed by atoms with Crippen molar-refractivity contribution in [2.45, 2.75) is 32.7 Å². The lowest BCUT2D eigenvalue weighted by molar-refractivity contribution is -0.122. The Balaban J connectivity index is 3.06. The van der Waals surface area contributed by atoms with Crippen molar-refractivity contribution in [3.8, 4) is 5.75 Å². The Morgan fingerprint density at radius 2 is 1.77 bits per heavy atom. The molecule has 0 aliphatic heterocycles. The summed E-state index contributed by atoms with van der Waals surface area (Å²) < 4.78 is 5.31. The Bertz CT molecular complexity index is 554. The molecule has 0 aliphatic carbocycles. The van der Waals surface area contributed by atoms with Crippen LogP contribution in [0.15, 0.2) is 12.1 Å². The van der Waals surface area contributed by atoms with Gasteiger partial charge >= 0.3 is 0 Å². The minimum absolute atomic E-state index is 0.171. The third-order valence-electron chi connectivity index (χ3n) is 3.38. The summed E-state index contributed by atoms with van der Waals surface area (Å²) in [6, 6.07) is 2.91. The number of rotatable bonds is 7. The maximum Gasteiger partial charge on any atom is 0.252 e. The fourth-order valence-electron chi connectivity index (χ4n) is 1.80. The lowest BCUT2D eigenvalue weighted by atomic mass is 9.93. The number of ketones is 1. The highest BCUT2D eigenvalue weighted by molar-refractivity contribution is 6.37. The molecule has 1 rings (SSSR count).